The minimum absolute atomic E-state index is 0.212. The highest BCUT2D eigenvalue weighted by Crippen LogP contribution is 2.37. The summed E-state index contributed by atoms with van der Waals surface area (Å²) in [6.07, 6.45) is 0. The van der Waals surface area contributed by atoms with Crippen molar-refractivity contribution in [2.75, 3.05) is 50.2 Å². The van der Waals surface area contributed by atoms with Gasteiger partial charge in [-0.15, -0.1) is 0 Å². The molecular weight excluding hydrogens is 412 g/mol. The second-order valence-electron chi connectivity index (χ2n) is 6.03. The fourth-order valence-corrected chi connectivity index (χ4v) is 3.50. The topological polar surface area (TPSA) is 60.0 Å². The fraction of sp³-hybridized carbons (Fsp3) is 0.350. The molecule has 0 spiro atoms. The Hall–Kier alpha value is -2.25. The summed E-state index contributed by atoms with van der Waals surface area (Å²) in [6.45, 7) is 5.54. The first-order valence-corrected chi connectivity index (χ1v) is 9.66. The van der Waals surface area contributed by atoms with Crippen molar-refractivity contribution < 1.29 is 19.0 Å². The number of morpholine rings is 1. The molecule has 7 heteroatoms. The molecule has 6 nitrogen and oxygen atoms in total. The maximum absolute atomic E-state index is 12.7. The van der Waals surface area contributed by atoms with Crippen LogP contribution in [0.3, 0.4) is 0 Å². The van der Waals surface area contributed by atoms with Crippen molar-refractivity contribution >= 4 is 33.2 Å². The van der Waals surface area contributed by atoms with Crippen LogP contribution in [-0.2, 0) is 4.74 Å². The zero-order valence-corrected chi connectivity index (χ0v) is 17.0. The number of carbonyl (C=O) groups is 1. The minimum Gasteiger partial charge on any atom is -0.493 e. The van der Waals surface area contributed by atoms with Crippen molar-refractivity contribution in [2.45, 2.75) is 6.92 Å². The molecular formula is C20H23BrN2O4. The van der Waals surface area contributed by atoms with Crippen molar-refractivity contribution in [2.24, 2.45) is 0 Å². The number of methoxy groups -OCH3 is 1. The summed E-state index contributed by atoms with van der Waals surface area (Å²) >= 11 is 3.45. The second-order valence-corrected chi connectivity index (χ2v) is 6.88. The molecule has 1 aliphatic rings. The van der Waals surface area contributed by atoms with Gasteiger partial charge in [-0.2, -0.15) is 0 Å². The first kappa shape index (κ1) is 19.5. The summed E-state index contributed by atoms with van der Waals surface area (Å²) in [5.41, 5.74) is 2.30. The fourth-order valence-electron chi connectivity index (χ4n) is 2.94. The molecule has 3 rings (SSSR count). The third-order valence-corrected chi connectivity index (χ3v) is 4.85. The molecule has 0 atom stereocenters. The zero-order valence-electron chi connectivity index (χ0n) is 15.5. The molecule has 2 aromatic carbocycles. The highest BCUT2D eigenvalue weighted by Gasteiger charge is 2.16. The summed E-state index contributed by atoms with van der Waals surface area (Å²) in [6, 6.07) is 11.2. The van der Waals surface area contributed by atoms with Crippen LogP contribution in [0.5, 0.6) is 11.5 Å². The predicted molar refractivity (Wildman–Crippen MR) is 109 cm³/mol. The van der Waals surface area contributed by atoms with E-state index in [1.165, 1.54) is 0 Å². The molecule has 0 aliphatic carbocycles. The standard InChI is InChI=1S/C20H23BrN2O4/c1-3-27-19-17(21)11-14(12-18(19)25-2)20(24)22-15-5-4-6-16(13-15)23-7-9-26-10-8-23/h4-6,11-13H,3,7-10H2,1-2H3,(H,22,24). The van der Waals surface area contributed by atoms with Crippen LogP contribution in [0.15, 0.2) is 40.9 Å². The number of nitrogens with zero attached hydrogens (tertiary/aromatic N) is 1. The Morgan fingerprint density at radius 3 is 2.74 bits per heavy atom. The highest BCUT2D eigenvalue weighted by atomic mass is 79.9. The van der Waals surface area contributed by atoms with Gasteiger partial charge in [0.1, 0.15) is 0 Å². The van der Waals surface area contributed by atoms with Gasteiger partial charge in [0.15, 0.2) is 11.5 Å². The normalized spacial score (nSPS) is 14.0. The molecule has 0 unspecified atom stereocenters. The molecule has 1 aliphatic heterocycles. The SMILES string of the molecule is CCOc1c(Br)cc(C(=O)Nc2cccc(N3CCOCC3)c2)cc1OC. The maximum atomic E-state index is 12.7. The van der Waals surface area contributed by atoms with Gasteiger partial charge in [0.25, 0.3) is 5.91 Å². The first-order chi connectivity index (χ1) is 13.1. The Balaban J connectivity index is 1.78. The van der Waals surface area contributed by atoms with Gasteiger partial charge in [-0.3, -0.25) is 4.79 Å². The van der Waals surface area contributed by atoms with Crippen molar-refractivity contribution in [1.82, 2.24) is 0 Å². The average Bonchev–Trinajstić information content (AvgIpc) is 2.70. The summed E-state index contributed by atoms with van der Waals surface area (Å²) in [7, 11) is 1.55. The number of amides is 1. The van der Waals surface area contributed by atoms with E-state index in [-0.39, 0.29) is 5.91 Å². The van der Waals surface area contributed by atoms with E-state index in [1.807, 2.05) is 31.2 Å². The lowest BCUT2D eigenvalue weighted by molar-refractivity contribution is 0.102. The van der Waals surface area contributed by atoms with Gasteiger partial charge < -0.3 is 24.4 Å². The van der Waals surface area contributed by atoms with Gasteiger partial charge in [-0.1, -0.05) is 6.07 Å². The van der Waals surface area contributed by atoms with Crippen LogP contribution >= 0.6 is 15.9 Å². The first-order valence-electron chi connectivity index (χ1n) is 8.86. The Morgan fingerprint density at radius 1 is 1.26 bits per heavy atom. The molecule has 1 saturated heterocycles. The van der Waals surface area contributed by atoms with E-state index in [9.17, 15) is 4.79 Å². The van der Waals surface area contributed by atoms with Gasteiger partial charge in [0, 0.05) is 30.0 Å². The number of nitrogens with one attached hydrogen (secondary N) is 1. The average molecular weight is 435 g/mol. The van der Waals surface area contributed by atoms with E-state index in [2.05, 4.69) is 26.1 Å². The van der Waals surface area contributed by atoms with Crippen LogP contribution in [0, 0.1) is 0 Å². The lowest BCUT2D eigenvalue weighted by Gasteiger charge is -2.29. The molecule has 144 valence electrons. The van der Waals surface area contributed by atoms with Crippen LogP contribution < -0.4 is 19.7 Å². The van der Waals surface area contributed by atoms with Crippen LogP contribution in [0.1, 0.15) is 17.3 Å². The third-order valence-electron chi connectivity index (χ3n) is 4.26. The molecule has 1 heterocycles. The summed E-state index contributed by atoms with van der Waals surface area (Å²) in [5, 5.41) is 2.95. The maximum Gasteiger partial charge on any atom is 0.255 e. The van der Waals surface area contributed by atoms with E-state index in [1.54, 1.807) is 19.2 Å². The van der Waals surface area contributed by atoms with Crippen molar-refractivity contribution in [3.05, 3.63) is 46.4 Å². The molecule has 1 N–H and O–H groups in total. The Morgan fingerprint density at radius 2 is 2.04 bits per heavy atom. The molecule has 0 saturated carbocycles. The van der Waals surface area contributed by atoms with Crippen LogP contribution in [-0.4, -0.2) is 45.9 Å². The van der Waals surface area contributed by atoms with Crippen molar-refractivity contribution in [3.63, 3.8) is 0 Å². The molecule has 1 amide bonds. The van der Waals surface area contributed by atoms with E-state index < -0.39 is 0 Å². The van der Waals surface area contributed by atoms with E-state index >= 15 is 0 Å². The summed E-state index contributed by atoms with van der Waals surface area (Å²) in [4.78, 5) is 15.0. The summed E-state index contributed by atoms with van der Waals surface area (Å²) < 4.78 is 17.0. The minimum atomic E-state index is -0.212. The number of ether oxygens (including phenoxy) is 3. The van der Waals surface area contributed by atoms with E-state index in [0.717, 1.165) is 37.7 Å². The molecule has 2 aromatic rings. The van der Waals surface area contributed by atoms with E-state index in [4.69, 9.17) is 14.2 Å². The van der Waals surface area contributed by atoms with E-state index in [0.29, 0.717) is 28.1 Å². The number of hydrogen-bond donors (Lipinski definition) is 1. The quantitative estimate of drug-likeness (QED) is 0.745. The van der Waals surface area contributed by atoms with Crippen molar-refractivity contribution in [3.8, 4) is 11.5 Å². The molecule has 0 aromatic heterocycles. The van der Waals surface area contributed by atoms with Gasteiger partial charge in [-0.25, -0.2) is 0 Å². The lowest BCUT2D eigenvalue weighted by atomic mass is 10.1. The Kier molecular flexibility index (Phi) is 6.58. The van der Waals surface area contributed by atoms with Crippen LogP contribution in [0.2, 0.25) is 0 Å². The van der Waals surface area contributed by atoms with Crippen molar-refractivity contribution in [1.29, 1.82) is 0 Å². The third kappa shape index (κ3) is 4.73. The molecule has 0 bridgehead atoms. The van der Waals surface area contributed by atoms with Crippen LogP contribution in [0.4, 0.5) is 11.4 Å². The smallest absolute Gasteiger partial charge is 0.255 e. The number of halogens is 1. The monoisotopic (exact) mass is 434 g/mol. The van der Waals surface area contributed by atoms with Gasteiger partial charge in [0.05, 0.1) is 31.4 Å². The highest BCUT2D eigenvalue weighted by molar-refractivity contribution is 9.10. The van der Waals surface area contributed by atoms with Crippen LogP contribution in [0.25, 0.3) is 0 Å². The van der Waals surface area contributed by atoms with Gasteiger partial charge >= 0.3 is 0 Å². The number of rotatable bonds is 6. The zero-order chi connectivity index (χ0) is 19.2. The number of carbonyl (C=O) groups excluding carboxylic acids is 1. The molecule has 0 radical (unpaired) electrons. The Labute approximate surface area is 167 Å². The predicted octanol–water partition coefficient (Wildman–Crippen LogP) is 3.95. The van der Waals surface area contributed by atoms with Gasteiger partial charge in [-0.05, 0) is 53.2 Å². The number of hydrogen-bond acceptors (Lipinski definition) is 5. The Bertz CT molecular complexity index is 807. The molecule has 27 heavy (non-hydrogen) atoms. The lowest BCUT2D eigenvalue weighted by Crippen LogP contribution is -2.36. The van der Waals surface area contributed by atoms with Gasteiger partial charge in [0.2, 0.25) is 0 Å². The summed E-state index contributed by atoms with van der Waals surface area (Å²) in [5.74, 6) is 0.889. The largest absolute Gasteiger partial charge is 0.493 e. The second kappa shape index (κ2) is 9.10. The molecule has 1 fully saturated rings. The number of benzene rings is 2. The number of anilines is 2.